The molecule has 0 radical (unpaired) electrons. The van der Waals surface area contributed by atoms with Crippen molar-refractivity contribution in [3.63, 3.8) is 0 Å². The smallest absolute Gasteiger partial charge is 0.269 e. The van der Waals surface area contributed by atoms with Gasteiger partial charge >= 0.3 is 0 Å². The number of amides is 1. The SMILES string of the molecule is CN(C)S(=O)(=O)CCNC(=O)c1ccc(/C(N)=N/O)cn1. The largest absolute Gasteiger partial charge is 0.409 e. The van der Waals surface area contributed by atoms with E-state index in [1.54, 1.807) is 0 Å². The third-order valence-corrected chi connectivity index (χ3v) is 4.43. The van der Waals surface area contributed by atoms with E-state index in [0.717, 1.165) is 4.31 Å². The fourth-order valence-electron chi connectivity index (χ4n) is 1.30. The summed E-state index contributed by atoms with van der Waals surface area (Å²) in [5.41, 5.74) is 5.83. The van der Waals surface area contributed by atoms with Crippen molar-refractivity contribution >= 4 is 21.8 Å². The summed E-state index contributed by atoms with van der Waals surface area (Å²) in [7, 11) is -0.517. The van der Waals surface area contributed by atoms with Crippen molar-refractivity contribution in [3.8, 4) is 0 Å². The minimum absolute atomic E-state index is 0.0248. The van der Waals surface area contributed by atoms with Crippen molar-refractivity contribution in [2.75, 3.05) is 26.4 Å². The van der Waals surface area contributed by atoms with Crippen LogP contribution in [0.2, 0.25) is 0 Å². The predicted octanol–water partition coefficient (Wildman–Crippen LogP) is -1.20. The molecule has 0 bridgehead atoms. The molecule has 1 rings (SSSR count). The van der Waals surface area contributed by atoms with Gasteiger partial charge in [0.05, 0.1) is 5.75 Å². The Bertz CT molecular complexity index is 625. The van der Waals surface area contributed by atoms with Crippen molar-refractivity contribution < 1.29 is 18.4 Å². The summed E-state index contributed by atoms with van der Waals surface area (Å²) in [5, 5.41) is 13.8. The highest BCUT2D eigenvalue weighted by atomic mass is 32.2. The topological polar surface area (TPSA) is 138 Å². The molecule has 0 aliphatic carbocycles. The maximum absolute atomic E-state index is 11.8. The molecule has 1 aromatic rings. The van der Waals surface area contributed by atoms with Gasteiger partial charge in [-0.05, 0) is 12.1 Å². The number of nitrogens with zero attached hydrogens (tertiary/aromatic N) is 3. The van der Waals surface area contributed by atoms with Gasteiger partial charge < -0.3 is 16.3 Å². The second kappa shape index (κ2) is 6.99. The second-order valence-electron chi connectivity index (χ2n) is 4.27. The molecule has 0 fully saturated rings. The van der Waals surface area contributed by atoms with Gasteiger partial charge in [-0.1, -0.05) is 5.16 Å². The lowest BCUT2D eigenvalue weighted by Gasteiger charge is -2.11. The molecule has 0 aliphatic heterocycles. The van der Waals surface area contributed by atoms with E-state index in [4.69, 9.17) is 10.9 Å². The summed E-state index contributed by atoms with van der Waals surface area (Å²) in [6.07, 6.45) is 1.28. The van der Waals surface area contributed by atoms with Gasteiger partial charge in [-0.3, -0.25) is 9.78 Å². The van der Waals surface area contributed by atoms with Crippen LogP contribution in [0, 0.1) is 0 Å². The van der Waals surface area contributed by atoms with Crippen LogP contribution in [0.25, 0.3) is 0 Å². The summed E-state index contributed by atoms with van der Waals surface area (Å²) >= 11 is 0. The average Bonchev–Trinajstić information content (AvgIpc) is 2.46. The number of rotatable bonds is 6. The first kappa shape index (κ1) is 16.9. The van der Waals surface area contributed by atoms with Gasteiger partial charge in [0.15, 0.2) is 5.84 Å². The Morgan fingerprint density at radius 2 is 2.14 bits per heavy atom. The van der Waals surface area contributed by atoms with Gasteiger partial charge in [0.2, 0.25) is 10.0 Å². The summed E-state index contributed by atoms with van der Waals surface area (Å²) in [6.45, 7) is -0.0248. The lowest BCUT2D eigenvalue weighted by atomic mass is 10.2. The fraction of sp³-hybridized carbons (Fsp3) is 0.364. The highest BCUT2D eigenvalue weighted by Crippen LogP contribution is 2.00. The number of amidine groups is 1. The number of hydrogen-bond donors (Lipinski definition) is 3. The number of hydrogen-bond acceptors (Lipinski definition) is 6. The number of carbonyl (C=O) groups is 1. The van der Waals surface area contributed by atoms with Crippen LogP contribution in [0.5, 0.6) is 0 Å². The Morgan fingerprint density at radius 1 is 1.48 bits per heavy atom. The van der Waals surface area contributed by atoms with Crippen LogP contribution >= 0.6 is 0 Å². The zero-order valence-electron chi connectivity index (χ0n) is 11.6. The predicted molar refractivity (Wildman–Crippen MR) is 76.6 cm³/mol. The molecule has 116 valence electrons. The average molecular weight is 315 g/mol. The molecule has 0 atom stereocenters. The van der Waals surface area contributed by atoms with E-state index in [2.05, 4.69) is 15.5 Å². The van der Waals surface area contributed by atoms with Gasteiger partial charge in [0.25, 0.3) is 5.91 Å². The first-order valence-electron chi connectivity index (χ1n) is 5.90. The maximum Gasteiger partial charge on any atom is 0.269 e. The molecule has 0 saturated heterocycles. The summed E-state index contributed by atoms with van der Waals surface area (Å²) in [6, 6.07) is 2.86. The third-order valence-electron chi connectivity index (χ3n) is 2.60. The van der Waals surface area contributed by atoms with E-state index in [1.165, 1.54) is 32.4 Å². The van der Waals surface area contributed by atoms with Gasteiger partial charge in [-0.2, -0.15) is 0 Å². The molecule has 9 nitrogen and oxygen atoms in total. The summed E-state index contributed by atoms with van der Waals surface area (Å²) in [4.78, 5) is 15.6. The Kier molecular flexibility index (Phi) is 5.61. The number of pyridine rings is 1. The fourth-order valence-corrected chi connectivity index (χ4v) is 2.03. The first-order valence-corrected chi connectivity index (χ1v) is 7.51. The van der Waals surface area contributed by atoms with Crippen LogP contribution in [-0.2, 0) is 10.0 Å². The summed E-state index contributed by atoms with van der Waals surface area (Å²) in [5.74, 6) is -0.824. The Morgan fingerprint density at radius 3 is 2.62 bits per heavy atom. The Labute approximate surface area is 122 Å². The summed E-state index contributed by atoms with van der Waals surface area (Å²) < 4.78 is 24.1. The Hall–Kier alpha value is -2.20. The van der Waals surface area contributed by atoms with Gasteiger partial charge in [0, 0.05) is 32.4 Å². The van der Waals surface area contributed by atoms with Crippen molar-refractivity contribution in [1.29, 1.82) is 0 Å². The minimum Gasteiger partial charge on any atom is -0.409 e. The number of nitrogens with one attached hydrogen (secondary N) is 1. The zero-order valence-corrected chi connectivity index (χ0v) is 12.5. The number of sulfonamides is 1. The van der Waals surface area contributed by atoms with Crippen LogP contribution in [0.15, 0.2) is 23.5 Å². The lowest BCUT2D eigenvalue weighted by Crippen LogP contribution is -2.34. The molecule has 1 amide bonds. The standard InChI is InChI=1S/C11H17N5O4S/c1-16(2)21(19,20)6-5-13-11(17)9-4-3-8(7-14-9)10(12)15-18/h3-4,7,18H,5-6H2,1-2H3,(H2,12,15)(H,13,17). The van der Waals surface area contributed by atoms with Crippen LogP contribution in [0.3, 0.4) is 0 Å². The molecule has 4 N–H and O–H groups in total. The number of nitrogens with two attached hydrogens (primary N) is 1. The molecule has 0 aromatic carbocycles. The van der Waals surface area contributed by atoms with Gasteiger partial charge in [0.1, 0.15) is 5.69 Å². The van der Waals surface area contributed by atoms with Crippen LogP contribution in [0.4, 0.5) is 0 Å². The van der Waals surface area contributed by atoms with E-state index in [0.29, 0.717) is 5.56 Å². The molecule has 0 unspecified atom stereocenters. The van der Waals surface area contributed by atoms with Crippen LogP contribution in [0.1, 0.15) is 16.1 Å². The molecular formula is C11H17N5O4S. The van der Waals surface area contributed by atoms with Gasteiger partial charge in [-0.15, -0.1) is 0 Å². The monoisotopic (exact) mass is 315 g/mol. The van der Waals surface area contributed by atoms with E-state index in [-0.39, 0.29) is 23.8 Å². The van der Waals surface area contributed by atoms with E-state index >= 15 is 0 Å². The molecule has 1 aromatic heterocycles. The highest BCUT2D eigenvalue weighted by molar-refractivity contribution is 7.89. The molecular weight excluding hydrogens is 298 g/mol. The first-order chi connectivity index (χ1) is 9.77. The molecule has 0 spiro atoms. The molecule has 0 saturated carbocycles. The van der Waals surface area contributed by atoms with E-state index in [9.17, 15) is 13.2 Å². The molecule has 10 heteroatoms. The van der Waals surface area contributed by atoms with Gasteiger partial charge in [-0.25, -0.2) is 12.7 Å². The van der Waals surface area contributed by atoms with E-state index in [1.807, 2.05) is 0 Å². The van der Waals surface area contributed by atoms with Crippen LogP contribution in [-0.4, -0.2) is 61.0 Å². The minimum atomic E-state index is -3.36. The number of oxime groups is 1. The quantitative estimate of drug-likeness (QED) is 0.261. The number of aromatic nitrogens is 1. The van der Waals surface area contributed by atoms with E-state index < -0.39 is 15.9 Å². The Balaban J connectivity index is 2.61. The molecule has 1 heterocycles. The van der Waals surface area contributed by atoms with Crippen molar-refractivity contribution in [1.82, 2.24) is 14.6 Å². The zero-order chi connectivity index (χ0) is 16.0. The second-order valence-corrected chi connectivity index (χ2v) is 6.57. The number of carbonyl (C=O) groups excluding carboxylic acids is 1. The molecule has 0 aliphatic rings. The van der Waals surface area contributed by atoms with Crippen LogP contribution < -0.4 is 11.1 Å². The maximum atomic E-state index is 11.8. The highest BCUT2D eigenvalue weighted by Gasteiger charge is 2.14. The van der Waals surface area contributed by atoms with Crippen molar-refractivity contribution in [2.24, 2.45) is 10.9 Å². The third kappa shape index (κ3) is 4.68. The lowest BCUT2D eigenvalue weighted by molar-refractivity contribution is 0.0951. The normalized spacial score (nSPS) is 12.4. The molecule has 21 heavy (non-hydrogen) atoms. The van der Waals surface area contributed by atoms with Crippen molar-refractivity contribution in [3.05, 3.63) is 29.6 Å². The van der Waals surface area contributed by atoms with Crippen molar-refractivity contribution in [2.45, 2.75) is 0 Å².